The number of rotatable bonds is 3. The first-order chi connectivity index (χ1) is 9.58. The van der Waals surface area contributed by atoms with Crippen LogP contribution in [0, 0.1) is 11.7 Å². The molecule has 2 fully saturated rings. The minimum atomic E-state index is -0.995. The number of hydrogen-bond donors (Lipinski definition) is 1. The molecule has 1 heterocycles. The van der Waals surface area contributed by atoms with Gasteiger partial charge in [-0.25, -0.2) is 9.18 Å². The van der Waals surface area contributed by atoms with E-state index in [0.29, 0.717) is 11.7 Å². The summed E-state index contributed by atoms with van der Waals surface area (Å²) in [4.78, 5) is 25.3. The Morgan fingerprint density at radius 1 is 1.35 bits per heavy atom. The molecule has 0 aromatic heterocycles. The first-order valence-electron chi connectivity index (χ1n) is 6.50. The number of halogens is 1. The number of thioether (sulfide) groups is 1. The number of carboxylic acids is 1. The van der Waals surface area contributed by atoms with Gasteiger partial charge in [-0.05, 0) is 37.0 Å². The van der Waals surface area contributed by atoms with Gasteiger partial charge in [0.1, 0.15) is 11.9 Å². The minimum absolute atomic E-state index is 0.0909. The number of carboxylic acid groups (broad SMARTS) is 1. The van der Waals surface area contributed by atoms with Crippen LogP contribution in [0.5, 0.6) is 0 Å². The van der Waals surface area contributed by atoms with Crippen molar-refractivity contribution in [1.82, 2.24) is 4.90 Å². The van der Waals surface area contributed by atoms with Crippen LogP contribution in [0.15, 0.2) is 24.3 Å². The molecule has 3 rings (SSSR count). The molecule has 1 aromatic rings. The summed E-state index contributed by atoms with van der Waals surface area (Å²) in [5, 5.41) is 9.18. The standard InChI is InChI=1S/C14H14FNO3S/c15-10-3-1-2-9(6-10)12(17)16-11(14(18)19)7-20-13(16)8-4-5-8/h1-3,6,8,11,13H,4-5,7H2,(H,18,19). The number of carbonyl (C=O) groups is 2. The predicted octanol–water partition coefficient (Wildman–Crippen LogP) is 2.20. The van der Waals surface area contributed by atoms with Gasteiger partial charge in [0, 0.05) is 11.3 Å². The van der Waals surface area contributed by atoms with Crippen LogP contribution in [0.2, 0.25) is 0 Å². The molecule has 0 radical (unpaired) electrons. The summed E-state index contributed by atoms with van der Waals surface area (Å²) in [6.45, 7) is 0. The molecule has 1 saturated heterocycles. The lowest BCUT2D eigenvalue weighted by Gasteiger charge is -2.27. The zero-order chi connectivity index (χ0) is 14.3. The molecule has 2 aliphatic rings. The quantitative estimate of drug-likeness (QED) is 0.929. The van der Waals surface area contributed by atoms with Gasteiger partial charge in [-0.3, -0.25) is 4.79 Å². The second-order valence-corrected chi connectivity index (χ2v) is 6.29. The Labute approximate surface area is 120 Å². The monoisotopic (exact) mass is 295 g/mol. The summed E-state index contributed by atoms with van der Waals surface area (Å²) in [6.07, 6.45) is 2.05. The van der Waals surface area contributed by atoms with Gasteiger partial charge in [-0.15, -0.1) is 11.8 Å². The van der Waals surface area contributed by atoms with Gasteiger partial charge in [0.2, 0.25) is 0 Å². The number of aliphatic carboxylic acids is 1. The van der Waals surface area contributed by atoms with Crippen molar-refractivity contribution >= 4 is 23.6 Å². The van der Waals surface area contributed by atoms with Gasteiger partial charge < -0.3 is 10.0 Å². The molecule has 106 valence electrons. The van der Waals surface area contributed by atoms with Crippen LogP contribution in [0.4, 0.5) is 4.39 Å². The smallest absolute Gasteiger partial charge is 0.327 e. The molecule has 1 amide bonds. The Kier molecular flexibility index (Phi) is 3.41. The Balaban J connectivity index is 1.90. The highest BCUT2D eigenvalue weighted by Gasteiger charge is 2.48. The molecule has 1 aromatic carbocycles. The Morgan fingerprint density at radius 3 is 2.70 bits per heavy atom. The molecule has 2 atom stereocenters. The maximum Gasteiger partial charge on any atom is 0.327 e. The zero-order valence-corrected chi connectivity index (χ0v) is 11.5. The van der Waals surface area contributed by atoms with Crippen molar-refractivity contribution < 1.29 is 19.1 Å². The van der Waals surface area contributed by atoms with E-state index in [-0.39, 0.29) is 16.8 Å². The maximum atomic E-state index is 13.2. The van der Waals surface area contributed by atoms with E-state index in [1.54, 1.807) is 0 Å². The summed E-state index contributed by atoms with van der Waals surface area (Å²) >= 11 is 1.52. The third-order valence-corrected chi connectivity index (χ3v) is 5.11. The predicted molar refractivity (Wildman–Crippen MR) is 73.0 cm³/mol. The van der Waals surface area contributed by atoms with Crippen molar-refractivity contribution in [2.45, 2.75) is 24.3 Å². The highest BCUT2D eigenvalue weighted by atomic mass is 32.2. The number of carbonyl (C=O) groups excluding carboxylic acids is 1. The maximum absolute atomic E-state index is 13.2. The Morgan fingerprint density at radius 2 is 2.10 bits per heavy atom. The average molecular weight is 295 g/mol. The molecule has 4 nitrogen and oxygen atoms in total. The molecule has 1 N–H and O–H groups in total. The molecule has 2 unspecified atom stereocenters. The van der Waals surface area contributed by atoms with Crippen LogP contribution in [0.1, 0.15) is 23.2 Å². The SMILES string of the molecule is O=C(O)C1CSC(C2CC2)N1C(=O)c1cccc(F)c1. The Bertz CT molecular complexity index is 561. The fourth-order valence-electron chi connectivity index (χ4n) is 2.49. The van der Waals surface area contributed by atoms with Gasteiger partial charge in [-0.2, -0.15) is 0 Å². The number of hydrogen-bond acceptors (Lipinski definition) is 3. The lowest BCUT2D eigenvalue weighted by molar-refractivity contribution is -0.141. The van der Waals surface area contributed by atoms with E-state index in [1.165, 1.54) is 34.9 Å². The lowest BCUT2D eigenvalue weighted by Crippen LogP contribution is -2.46. The topological polar surface area (TPSA) is 57.6 Å². The van der Waals surface area contributed by atoms with E-state index in [2.05, 4.69) is 0 Å². The van der Waals surface area contributed by atoms with E-state index in [0.717, 1.165) is 18.9 Å². The van der Waals surface area contributed by atoms with Crippen LogP contribution in [-0.4, -0.2) is 39.1 Å². The summed E-state index contributed by atoms with van der Waals surface area (Å²) in [5.74, 6) is -1.10. The molecule has 1 aliphatic heterocycles. The first kappa shape index (κ1) is 13.4. The van der Waals surface area contributed by atoms with Crippen molar-refractivity contribution in [3.8, 4) is 0 Å². The molecule has 0 bridgehead atoms. The van der Waals surface area contributed by atoms with Crippen molar-refractivity contribution in [2.75, 3.05) is 5.75 Å². The molecule has 1 saturated carbocycles. The highest BCUT2D eigenvalue weighted by molar-refractivity contribution is 8.00. The number of nitrogens with zero attached hydrogens (tertiary/aromatic N) is 1. The van der Waals surface area contributed by atoms with E-state index >= 15 is 0 Å². The zero-order valence-electron chi connectivity index (χ0n) is 10.7. The molecular weight excluding hydrogens is 281 g/mol. The number of benzene rings is 1. The average Bonchev–Trinajstić information content (AvgIpc) is 3.16. The van der Waals surface area contributed by atoms with E-state index < -0.39 is 17.8 Å². The van der Waals surface area contributed by atoms with Crippen LogP contribution < -0.4 is 0 Å². The summed E-state index contributed by atoms with van der Waals surface area (Å²) in [6, 6.07) is 4.60. The number of amides is 1. The third kappa shape index (κ3) is 2.40. The van der Waals surface area contributed by atoms with Gasteiger partial charge in [-0.1, -0.05) is 6.07 Å². The molecular formula is C14H14FNO3S. The summed E-state index contributed by atoms with van der Waals surface area (Å²) in [7, 11) is 0. The molecule has 20 heavy (non-hydrogen) atoms. The highest BCUT2D eigenvalue weighted by Crippen LogP contribution is 2.45. The van der Waals surface area contributed by atoms with Gasteiger partial charge in [0.05, 0.1) is 5.37 Å². The normalized spacial score (nSPS) is 25.8. The summed E-state index contributed by atoms with van der Waals surface area (Å²) in [5.41, 5.74) is 0.212. The Hall–Kier alpha value is -1.56. The molecule has 1 aliphatic carbocycles. The second kappa shape index (κ2) is 5.09. The van der Waals surface area contributed by atoms with Crippen LogP contribution in [-0.2, 0) is 4.79 Å². The van der Waals surface area contributed by atoms with Gasteiger partial charge in [0.25, 0.3) is 5.91 Å². The van der Waals surface area contributed by atoms with Crippen molar-refractivity contribution in [1.29, 1.82) is 0 Å². The van der Waals surface area contributed by atoms with Crippen LogP contribution in [0.25, 0.3) is 0 Å². The molecule has 6 heteroatoms. The first-order valence-corrected chi connectivity index (χ1v) is 7.55. The van der Waals surface area contributed by atoms with E-state index in [4.69, 9.17) is 0 Å². The minimum Gasteiger partial charge on any atom is -0.480 e. The largest absolute Gasteiger partial charge is 0.480 e. The fraction of sp³-hybridized carbons (Fsp3) is 0.429. The lowest BCUT2D eigenvalue weighted by atomic mass is 10.1. The van der Waals surface area contributed by atoms with E-state index in [9.17, 15) is 19.1 Å². The van der Waals surface area contributed by atoms with Crippen molar-refractivity contribution in [3.63, 3.8) is 0 Å². The summed E-state index contributed by atoms with van der Waals surface area (Å²) < 4.78 is 13.2. The van der Waals surface area contributed by atoms with Crippen molar-refractivity contribution in [2.24, 2.45) is 5.92 Å². The van der Waals surface area contributed by atoms with Gasteiger partial charge >= 0.3 is 5.97 Å². The van der Waals surface area contributed by atoms with Gasteiger partial charge in [0.15, 0.2) is 0 Å². The van der Waals surface area contributed by atoms with Crippen LogP contribution in [0.3, 0.4) is 0 Å². The third-order valence-electron chi connectivity index (χ3n) is 3.65. The molecule has 0 spiro atoms. The van der Waals surface area contributed by atoms with Crippen LogP contribution >= 0.6 is 11.8 Å². The second-order valence-electron chi connectivity index (χ2n) is 5.14. The fourth-order valence-corrected chi connectivity index (χ4v) is 4.12. The van der Waals surface area contributed by atoms with Crippen molar-refractivity contribution in [3.05, 3.63) is 35.6 Å². The van der Waals surface area contributed by atoms with E-state index in [1.807, 2.05) is 0 Å².